The first kappa shape index (κ1) is 13.7. The van der Waals surface area contributed by atoms with Crippen LogP contribution in [-0.2, 0) is 11.3 Å². The molecule has 0 N–H and O–H groups in total. The van der Waals surface area contributed by atoms with Crippen LogP contribution in [0.2, 0.25) is 0 Å². The van der Waals surface area contributed by atoms with Gasteiger partial charge in [0.2, 0.25) is 0 Å². The molecule has 4 heteroatoms. The highest BCUT2D eigenvalue weighted by Gasteiger charge is 2.26. The number of carbonyl (C=O) groups is 1. The maximum Gasteiger partial charge on any atom is 0.146 e. The Morgan fingerprint density at radius 3 is 2.94 bits per heavy atom. The minimum absolute atomic E-state index is 0.114. The maximum atomic E-state index is 11.7. The van der Waals surface area contributed by atoms with E-state index in [-0.39, 0.29) is 6.04 Å². The van der Waals surface area contributed by atoms with E-state index < -0.39 is 0 Å². The van der Waals surface area contributed by atoms with Gasteiger partial charge in [0.15, 0.2) is 0 Å². The standard InChI is InChI=1S/C14H22N2OS/c1-10(2)14-15-12(9-18-14)8-16-7-5-4-6-13(16)11(3)17/h9-10,13H,4-8H2,1-3H3. The summed E-state index contributed by atoms with van der Waals surface area (Å²) in [5.74, 6) is 0.794. The van der Waals surface area contributed by atoms with Crippen LogP contribution in [-0.4, -0.2) is 28.3 Å². The van der Waals surface area contributed by atoms with Gasteiger partial charge in [-0.25, -0.2) is 4.98 Å². The average Bonchev–Trinajstić information content (AvgIpc) is 2.78. The molecule has 0 radical (unpaired) electrons. The van der Waals surface area contributed by atoms with Crippen LogP contribution >= 0.6 is 11.3 Å². The van der Waals surface area contributed by atoms with E-state index in [9.17, 15) is 4.79 Å². The fraction of sp³-hybridized carbons (Fsp3) is 0.714. The minimum Gasteiger partial charge on any atom is -0.298 e. The summed E-state index contributed by atoms with van der Waals surface area (Å²) in [6.07, 6.45) is 3.39. The summed E-state index contributed by atoms with van der Waals surface area (Å²) in [4.78, 5) is 18.6. The molecule has 1 aliphatic heterocycles. The molecule has 18 heavy (non-hydrogen) atoms. The molecule has 3 nitrogen and oxygen atoms in total. The zero-order chi connectivity index (χ0) is 13.1. The first-order valence-corrected chi connectivity index (χ1v) is 7.64. The lowest BCUT2D eigenvalue weighted by atomic mass is 9.99. The molecule has 0 aromatic carbocycles. The molecule has 0 bridgehead atoms. The number of hydrogen-bond acceptors (Lipinski definition) is 4. The summed E-state index contributed by atoms with van der Waals surface area (Å²) in [7, 11) is 0. The number of ketones is 1. The quantitative estimate of drug-likeness (QED) is 0.839. The highest BCUT2D eigenvalue weighted by molar-refractivity contribution is 7.09. The van der Waals surface area contributed by atoms with Gasteiger partial charge in [-0.15, -0.1) is 11.3 Å². The molecule has 1 atom stereocenters. The van der Waals surface area contributed by atoms with Crippen molar-refractivity contribution >= 4 is 17.1 Å². The van der Waals surface area contributed by atoms with Crippen molar-refractivity contribution in [3.63, 3.8) is 0 Å². The summed E-state index contributed by atoms with van der Waals surface area (Å²) in [6, 6.07) is 0.114. The van der Waals surface area contributed by atoms with E-state index >= 15 is 0 Å². The van der Waals surface area contributed by atoms with Crippen molar-refractivity contribution in [1.29, 1.82) is 0 Å². The van der Waals surface area contributed by atoms with E-state index in [0.29, 0.717) is 11.7 Å². The summed E-state index contributed by atoms with van der Waals surface area (Å²) in [6.45, 7) is 7.90. The Kier molecular flexibility index (Phi) is 4.51. The number of thiazole rings is 1. The number of likely N-dealkylation sites (tertiary alicyclic amines) is 1. The molecule has 1 saturated heterocycles. The monoisotopic (exact) mass is 266 g/mol. The Hall–Kier alpha value is -0.740. The van der Waals surface area contributed by atoms with Gasteiger partial charge in [-0.05, 0) is 26.3 Å². The van der Waals surface area contributed by atoms with Crippen LogP contribution in [0.5, 0.6) is 0 Å². The van der Waals surface area contributed by atoms with Gasteiger partial charge >= 0.3 is 0 Å². The van der Waals surface area contributed by atoms with Gasteiger partial charge < -0.3 is 0 Å². The highest BCUT2D eigenvalue weighted by Crippen LogP contribution is 2.23. The summed E-state index contributed by atoms with van der Waals surface area (Å²) >= 11 is 1.73. The zero-order valence-electron chi connectivity index (χ0n) is 11.5. The average molecular weight is 266 g/mol. The van der Waals surface area contributed by atoms with Gasteiger partial charge in [0.1, 0.15) is 5.78 Å². The van der Waals surface area contributed by atoms with E-state index in [1.807, 2.05) is 0 Å². The Bertz CT molecular complexity index is 414. The second-order valence-electron chi connectivity index (χ2n) is 5.42. The predicted molar refractivity (Wildman–Crippen MR) is 74.9 cm³/mol. The fourth-order valence-corrected chi connectivity index (χ4v) is 3.34. The van der Waals surface area contributed by atoms with E-state index in [0.717, 1.165) is 25.2 Å². The number of Topliss-reactive ketones (excluding diaryl/α,β-unsaturated/α-hetero) is 1. The van der Waals surface area contributed by atoms with Crippen molar-refractivity contribution in [1.82, 2.24) is 9.88 Å². The second kappa shape index (κ2) is 5.93. The van der Waals surface area contributed by atoms with Gasteiger partial charge in [0.05, 0.1) is 16.7 Å². The number of hydrogen-bond donors (Lipinski definition) is 0. The third-order valence-electron chi connectivity index (χ3n) is 3.51. The van der Waals surface area contributed by atoms with Gasteiger partial charge in [0.25, 0.3) is 0 Å². The number of carbonyl (C=O) groups excluding carboxylic acids is 1. The summed E-state index contributed by atoms with van der Waals surface area (Å²) < 4.78 is 0. The fourth-order valence-electron chi connectivity index (χ4n) is 2.51. The molecule has 2 rings (SSSR count). The largest absolute Gasteiger partial charge is 0.298 e. The molecule has 1 aromatic rings. The first-order chi connectivity index (χ1) is 8.58. The van der Waals surface area contributed by atoms with E-state index in [1.54, 1.807) is 18.3 Å². The Labute approximate surface area is 113 Å². The van der Waals surface area contributed by atoms with Crippen LogP contribution in [0, 0.1) is 0 Å². The first-order valence-electron chi connectivity index (χ1n) is 6.76. The Morgan fingerprint density at radius 1 is 1.56 bits per heavy atom. The maximum absolute atomic E-state index is 11.7. The van der Waals surface area contributed by atoms with E-state index in [1.165, 1.54) is 17.8 Å². The van der Waals surface area contributed by atoms with Crippen molar-refractivity contribution in [3.05, 3.63) is 16.1 Å². The highest BCUT2D eigenvalue weighted by atomic mass is 32.1. The van der Waals surface area contributed by atoms with Gasteiger partial charge in [0, 0.05) is 17.8 Å². The molecule has 0 saturated carbocycles. The van der Waals surface area contributed by atoms with Gasteiger partial charge in [-0.1, -0.05) is 20.3 Å². The molecule has 1 aromatic heterocycles. The normalized spacial score (nSPS) is 21.4. The van der Waals surface area contributed by atoms with Crippen LogP contribution in [0.3, 0.4) is 0 Å². The van der Waals surface area contributed by atoms with Crippen molar-refractivity contribution in [3.8, 4) is 0 Å². The van der Waals surface area contributed by atoms with E-state index in [2.05, 4.69) is 29.1 Å². The summed E-state index contributed by atoms with van der Waals surface area (Å²) in [5.41, 5.74) is 1.12. The zero-order valence-corrected chi connectivity index (χ0v) is 12.3. The third kappa shape index (κ3) is 3.18. The number of rotatable bonds is 4. The second-order valence-corrected chi connectivity index (χ2v) is 6.31. The molecule has 100 valence electrons. The van der Waals surface area contributed by atoms with Crippen molar-refractivity contribution in [2.75, 3.05) is 6.54 Å². The smallest absolute Gasteiger partial charge is 0.146 e. The lowest BCUT2D eigenvalue weighted by Crippen LogP contribution is -2.43. The SMILES string of the molecule is CC(=O)C1CCCCN1Cc1csc(C(C)C)n1. The van der Waals surface area contributed by atoms with Gasteiger partial charge in [-0.3, -0.25) is 9.69 Å². The molecular formula is C14H22N2OS. The van der Waals surface area contributed by atoms with Crippen LogP contribution in [0.25, 0.3) is 0 Å². The third-order valence-corrected chi connectivity index (χ3v) is 4.71. The van der Waals surface area contributed by atoms with Crippen molar-refractivity contribution in [2.24, 2.45) is 0 Å². The molecule has 0 aliphatic carbocycles. The van der Waals surface area contributed by atoms with E-state index in [4.69, 9.17) is 0 Å². The molecule has 1 fully saturated rings. The summed E-state index contributed by atoms with van der Waals surface area (Å²) in [5, 5.41) is 3.34. The Balaban J connectivity index is 2.03. The lowest BCUT2D eigenvalue weighted by molar-refractivity contribution is -0.123. The molecule has 0 spiro atoms. The van der Waals surface area contributed by atoms with Crippen LogP contribution < -0.4 is 0 Å². The van der Waals surface area contributed by atoms with Crippen LogP contribution in [0.1, 0.15) is 56.7 Å². The molecule has 2 heterocycles. The number of piperidine rings is 1. The van der Waals surface area contributed by atoms with Gasteiger partial charge in [-0.2, -0.15) is 0 Å². The predicted octanol–water partition coefficient (Wildman–Crippen LogP) is 3.21. The minimum atomic E-state index is 0.114. The lowest BCUT2D eigenvalue weighted by Gasteiger charge is -2.33. The molecule has 1 unspecified atom stereocenters. The molecule has 0 amide bonds. The molecule has 1 aliphatic rings. The molecular weight excluding hydrogens is 244 g/mol. The topological polar surface area (TPSA) is 33.2 Å². The Morgan fingerprint density at radius 2 is 2.33 bits per heavy atom. The number of nitrogens with zero attached hydrogens (tertiary/aromatic N) is 2. The van der Waals surface area contributed by atoms with Crippen LogP contribution in [0.4, 0.5) is 0 Å². The number of aromatic nitrogens is 1. The van der Waals surface area contributed by atoms with Crippen LogP contribution in [0.15, 0.2) is 5.38 Å². The van der Waals surface area contributed by atoms with Crippen molar-refractivity contribution < 1.29 is 4.79 Å². The van der Waals surface area contributed by atoms with Crippen molar-refractivity contribution in [2.45, 2.75) is 58.5 Å².